The van der Waals surface area contributed by atoms with Crippen LogP contribution in [-0.4, -0.2) is 66.1 Å². The van der Waals surface area contributed by atoms with Crippen LogP contribution in [0.5, 0.6) is 5.75 Å². The van der Waals surface area contributed by atoms with E-state index in [4.69, 9.17) is 16.2 Å². The highest BCUT2D eigenvalue weighted by Crippen LogP contribution is 2.22. The van der Waals surface area contributed by atoms with Gasteiger partial charge in [-0.2, -0.15) is 4.98 Å². The van der Waals surface area contributed by atoms with Crippen molar-refractivity contribution in [1.29, 1.82) is 0 Å². The van der Waals surface area contributed by atoms with Gasteiger partial charge in [-0.15, -0.1) is 0 Å². The van der Waals surface area contributed by atoms with E-state index >= 15 is 0 Å². The highest BCUT2D eigenvalue weighted by atomic mass is 16.5. The lowest BCUT2D eigenvalue weighted by Gasteiger charge is -2.32. The quantitative estimate of drug-likeness (QED) is 0.843. The SMILES string of the molecule is CN1CCN(CCOc2ccc(-c3cc(N)nc(N)n3)cc2)CC1. The Bertz CT molecular complexity index is 647. The first kappa shape index (κ1) is 16.5. The Morgan fingerprint density at radius 3 is 2.42 bits per heavy atom. The molecule has 0 saturated carbocycles. The predicted molar refractivity (Wildman–Crippen MR) is 95.7 cm³/mol. The number of hydrogen-bond acceptors (Lipinski definition) is 7. The van der Waals surface area contributed by atoms with E-state index in [2.05, 4.69) is 26.8 Å². The topological polar surface area (TPSA) is 93.5 Å². The average Bonchev–Trinajstić information content (AvgIpc) is 2.56. The molecule has 3 rings (SSSR count). The number of nitrogens with two attached hydrogens (primary N) is 2. The van der Waals surface area contributed by atoms with E-state index < -0.39 is 0 Å². The number of benzene rings is 1. The van der Waals surface area contributed by atoms with Gasteiger partial charge in [0.25, 0.3) is 0 Å². The van der Waals surface area contributed by atoms with Crippen LogP contribution in [-0.2, 0) is 0 Å². The minimum atomic E-state index is 0.178. The van der Waals surface area contributed by atoms with Gasteiger partial charge in [0.05, 0.1) is 5.69 Å². The number of rotatable bonds is 5. The van der Waals surface area contributed by atoms with Crippen LogP contribution >= 0.6 is 0 Å². The van der Waals surface area contributed by atoms with Crippen LogP contribution in [0.2, 0.25) is 0 Å². The standard InChI is InChI=1S/C17H24N6O/c1-22-6-8-23(9-7-22)10-11-24-14-4-2-13(3-5-14)15-12-16(18)21-17(19)20-15/h2-5,12H,6-11H2,1H3,(H4,18,19,20,21). The first-order chi connectivity index (χ1) is 11.6. The Morgan fingerprint density at radius 1 is 1.04 bits per heavy atom. The summed E-state index contributed by atoms with van der Waals surface area (Å²) < 4.78 is 5.84. The fourth-order valence-corrected chi connectivity index (χ4v) is 2.72. The number of nitrogens with zero attached hydrogens (tertiary/aromatic N) is 4. The lowest BCUT2D eigenvalue weighted by Crippen LogP contribution is -2.45. The molecule has 2 aromatic rings. The van der Waals surface area contributed by atoms with Gasteiger partial charge < -0.3 is 21.1 Å². The van der Waals surface area contributed by atoms with Gasteiger partial charge in [0, 0.05) is 44.4 Å². The average molecular weight is 328 g/mol. The van der Waals surface area contributed by atoms with Crippen LogP contribution in [0, 0.1) is 0 Å². The lowest BCUT2D eigenvalue weighted by atomic mass is 10.1. The molecule has 0 radical (unpaired) electrons. The number of piperazine rings is 1. The lowest BCUT2D eigenvalue weighted by molar-refractivity contribution is 0.134. The zero-order valence-corrected chi connectivity index (χ0v) is 14.0. The summed E-state index contributed by atoms with van der Waals surface area (Å²) in [5, 5.41) is 0. The molecule has 7 nitrogen and oxygen atoms in total. The molecule has 0 aliphatic carbocycles. The Morgan fingerprint density at radius 2 is 1.75 bits per heavy atom. The molecule has 0 spiro atoms. The Labute approximate surface area is 142 Å². The normalized spacial score (nSPS) is 16.2. The van der Waals surface area contributed by atoms with Crippen molar-refractivity contribution in [3.05, 3.63) is 30.3 Å². The summed E-state index contributed by atoms with van der Waals surface area (Å²) in [6.45, 7) is 6.11. The van der Waals surface area contributed by atoms with Gasteiger partial charge in [0.15, 0.2) is 0 Å². The minimum absolute atomic E-state index is 0.178. The number of aromatic nitrogens is 2. The summed E-state index contributed by atoms with van der Waals surface area (Å²) in [6.07, 6.45) is 0. The van der Waals surface area contributed by atoms with Gasteiger partial charge in [0.1, 0.15) is 18.2 Å². The number of ether oxygens (including phenoxy) is 1. The van der Waals surface area contributed by atoms with Crippen LogP contribution in [0.15, 0.2) is 30.3 Å². The molecule has 2 heterocycles. The molecule has 1 aliphatic heterocycles. The molecule has 4 N–H and O–H groups in total. The van der Waals surface area contributed by atoms with Crippen molar-refractivity contribution in [3.63, 3.8) is 0 Å². The molecular formula is C17H24N6O. The third-order valence-corrected chi connectivity index (χ3v) is 4.19. The molecule has 1 aliphatic rings. The van der Waals surface area contributed by atoms with Crippen molar-refractivity contribution in [2.75, 3.05) is 57.8 Å². The molecule has 1 fully saturated rings. The van der Waals surface area contributed by atoms with Crippen molar-refractivity contribution >= 4 is 11.8 Å². The number of anilines is 2. The van der Waals surface area contributed by atoms with E-state index in [0.29, 0.717) is 18.1 Å². The zero-order valence-electron chi connectivity index (χ0n) is 14.0. The summed E-state index contributed by atoms with van der Waals surface area (Å²) >= 11 is 0. The fourth-order valence-electron chi connectivity index (χ4n) is 2.72. The summed E-state index contributed by atoms with van der Waals surface area (Å²) in [6, 6.07) is 9.49. The molecule has 24 heavy (non-hydrogen) atoms. The van der Waals surface area contributed by atoms with Crippen molar-refractivity contribution in [2.24, 2.45) is 0 Å². The largest absolute Gasteiger partial charge is 0.492 e. The second-order valence-electron chi connectivity index (χ2n) is 6.05. The van der Waals surface area contributed by atoms with Crippen LogP contribution < -0.4 is 16.2 Å². The van der Waals surface area contributed by atoms with Gasteiger partial charge in [-0.25, -0.2) is 4.98 Å². The highest BCUT2D eigenvalue weighted by Gasteiger charge is 2.13. The van der Waals surface area contributed by atoms with Crippen LogP contribution in [0.4, 0.5) is 11.8 Å². The molecule has 7 heteroatoms. The molecule has 1 saturated heterocycles. The molecule has 0 unspecified atom stereocenters. The first-order valence-corrected chi connectivity index (χ1v) is 8.14. The number of nitrogen functional groups attached to an aromatic ring is 2. The maximum atomic E-state index is 5.84. The minimum Gasteiger partial charge on any atom is -0.492 e. The summed E-state index contributed by atoms with van der Waals surface area (Å²) in [5.41, 5.74) is 13.0. The molecule has 0 atom stereocenters. The first-order valence-electron chi connectivity index (χ1n) is 8.14. The maximum absolute atomic E-state index is 5.84. The molecular weight excluding hydrogens is 304 g/mol. The fraction of sp³-hybridized carbons (Fsp3) is 0.412. The van der Waals surface area contributed by atoms with Gasteiger partial charge in [-0.3, -0.25) is 4.90 Å². The third-order valence-electron chi connectivity index (χ3n) is 4.19. The number of likely N-dealkylation sites (N-methyl/N-ethyl adjacent to an activating group) is 1. The van der Waals surface area contributed by atoms with E-state index in [1.54, 1.807) is 6.07 Å². The van der Waals surface area contributed by atoms with Crippen molar-refractivity contribution in [3.8, 4) is 17.0 Å². The van der Waals surface area contributed by atoms with Gasteiger partial charge in [-0.1, -0.05) is 0 Å². The summed E-state index contributed by atoms with van der Waals surface area (Å²) in [5.74, 6) is 1.39. The molecule has 0 bridgehead atoms. The van der Waals surface area contributed by atoms with E-state index in [1.165, 1.54) is 0 Å². The Hall–Kier alpha value is -2.38. The molecule has 128 valence electrons. The number of hydrogen-bond donors (Lipinski definition) is 2. The maximum Gasteiger partial charge on any atom is 0.222 e. The molecule has 1 aromatic carbocycles. The van der Waals surface area contributed by atoms with Gasteiger partial charge in [-0.05, 0) is 31.3 Å². The van der Waals surface area contributed by atoms with E-state index in [1.807, 2.05) is 24.3 Å². The van der Waals surface area contributed by atoms with Gasteiger partial charge >= 0.3 is 0 Å². The molecule has 1 aromatic heterocycles. The Kier molecular flexibility index (Phi) is 5.12. The van der Waals surface area contributed by atoms with Crippen LogP contribution in [0.1, 0.15) is 0 Å². The monoisotopic (exact) mass is 328 g/mol. The van der Waals surface area contributed by atoms with Crippen molar-refractivity contribution in [1.82, 2.24) is 19.8 Å². The van der Waals surface area contributed by atoms with Crippen molar-refractivity contribution in [2.45, 2.75) is 0 Å². The van der Waals surface area contributed by atoms with Crippen molar-refractivity contribution < 1.29 is 4.74 Å². The summed E-state index contributed by atoms with van der Waals surface area (Å²) in [7, 11) is 2.16. The highest BCUT2D eigenvalue weighted by molar-refractivity contribution is 5.63. The second kappa shape index (κ2) is 7.46. The van der Waals surface area contributed by atoms with Crippen LogP contribution in [0.3, 0.4) is 0 Å². The van der Waals surface area contributed by atoms with Gasteiger partial charge in [0.2, 0.25) is 5.95 Å². The van der Waals surface area contributed by atoms with E-state index in [-0.39, 0.29) is 5.95 Å². The third kappa shape index (κ3) is 4.33. The smallest absolute Gasteiger partial charge is 0.222 e. The molecule has 0 amide bonds. The van der Waals surface area contributed by atoms with Crippen LogP contribution in [0.25, 0.3) is 11.3 Å². The summed E-state index contributed by atoms with van der Waals surface area (Å²) in [4.78, 5) is 12.9. The van der Waals surface area contributed by atoms with E-state index in [0.717, 1.165) is 44.0 Å². The van der Waals surface area contributed by atoms with E-state index in [9.17, 15) is 0 Å². The zero-order chi connectivity index (χ0) is 16.9. The Balaban J connectivity index is 1.53. The predicted octanol–water partition coefficient (Wildman–Crippen LogP) is 0.934. The second-order valence-corrected chi connectivity index (χ2v) is 6.05.